The molecule has 0 saturated heterocycles. The van der Waals surface area contributed by atoms with Crippen molar-refractivity contribution in [1.82, 2.24) is 0 Å². The van der Waals surface area contributed by atoms with E-state index in [1.807, 2.05) is 5.57 Å². The highest BCUT2D eigenvalue weighted by Crippen LogP contribution is 2.42. The molecule has 0 bridgehead atoms. The van der Waals surface area contributed by atoms with Crippen LogP contribution in [0.25, 0.3) is 0 Å². The molecule has 0 aromatic rings. The molecule has 2 aliphatic carbocycles. The van der Waals surface area contributed by atoms with Gasteiger partial charge in [0.25, 0.3) is 0 Å². The third kappa shape index (κ3) is 4.00. The summed E-state index contributed by atoms with van der Waals surface area (Å²) in [6.45, 7) is 2.32. The lowest BCUT2D eigenvalue weighted by molar-refractivity contribution is 0.515. The zero-order valence-electron chi connectivity index (χ0n) is 12.2. The van der Waals surface area contributed by atoms with E-state index in [2.05, 4.69) is 25.2 Å². The summed E-state index contributed by atoms with van der Waals surface area (Å²) in [6.07, 6.45) is 22.9. The maximum Gasteiger partial charge on any atom is -0.0197 e. The maximum absolute atomic E-state index is 2.49. The summed E-state index contributed by atoms with van der Waals surface area (Å²) >= 11 is 0. The fourth-order valence-corrected chi connectivity index (χ4v) is 3.70. The molecule has 2 aliphatic rings. The zero-order valence-corrected chi connectivity index (χ0v) is 12.2. The van der Waals surface area contributed by atoms with Gasteiger partial charge in [0.15, 0.2) is 0 Å². The van der Waals surface area contributed by atoms with E-state index in [-0.39, 0.29) is 0 Å². The quantitative estimate of drug-likeness (QED) is 0.569. The minimum Gasteiger partial charge on any atom is -0.0845 e. The summed E-state index contributed by atoms with van der Waals surface area (Å²) in [6, 6.07) is 0. The molecule has 1 saturated carbocycles. The highest BCUT2D eigenvalue weighted by atomic mass is 14.3. The minimum atomic E-state index is 0.917. The van der Waals surface area contributed by atoms with Crippen LogP contribution in [-0.4, -0.2) is 0 Å². The van der Waals surface area contributed by atoms with E-state index in [1.165, 1.54) is 70.6 Å². The third-order valence-corrected chi connectivity index (χ3v) is 4.81. The molecule has 0 radical (unpaired) electrons. The Labute approximate surface area is 114 Å². The van der Waals surface area contributed by atoms with E-state index < -0.39 is 0 Å². The molecule has 102 valence electrons. The van der Waals surface area contributed by atoms with Gasteiger partial charge < -0.3 is 0 Å². The van der Waals surface area contributed by atoms with Crippen molar-refractivity contribution >= 4 is 0 Å². The van der Waals surface area contributed by atoms with Crippen LogP contribution in [0.15, 0.2) is 23.8 Å². The molecule has 0 aromatic heterocycles. The molecular formula is C18H30. The summed E-state index contributed by atoms with van der Waals surface area (Å²) in [5.41, 5.74) is 1.81. The Morgan fingerprint density at radius 2 is 1.94 bits per heavy atom. The van der Waals surface area contributed by atoms with Crippen LogP contribution in [0, 0.1) is 11.8 Å². The first-order chi connectivity index (χ1) is 8.92. The first kappa shape index (κ1) is 13.9. The number of rotatable bonds is 3. The van der Waals surface area contributed by atoms with Crippen molar-refractivity contribution in [3.63, 3.8) is 0 Å². The van der Waals surface area contributed by atoms with E-state index in [0.29, 0.717) is 0 Å². The predicted octanol–water partition coefficient (Wildman–Crippen LogP) is 6.04. The fraction of sp³-hybridized carbons (Fsp3) is 0.778. The van der Waals surface area contributed by atoms with Gasteiger partial charge >= 0.3 is 0 Å². The van der Waals surface area contributed by atoms with Gasteiger partial charge in [-0.2, -0.15) is 0 Å². The topological polar surface area (TPSA) is 0 Å². The maximum atomic E-state index is 2.49. The zero-order chi connectivity index (χ0) is 12.6. The van der Waals surface area contributed by atoms with Crippen molar-refractivity contribution in [3.05, 3.63) is 23.8 Å². The summed E-state index contributed by atoms with van der Waals surface area (Å²) < 4.78 is 0. The van der Waals surface area contributed by atoms with E-state index in [4.69, 9.17) is 0 Å². The average Bonchev–Trinajstić information content (AvgIpc) is 2.74. The fourth-order valence-electron chi connectivity index (χ4n) is 3.70. The Bertz CT molecular complexity index is 276. The Kier molecular flexibility index (Phi) is 6.04. The van der Waals surface area contributed by atoms with E-state index in [9.17, 15) is 0 Å². The SMILES string of the molecule is CCCCC1CCC2CCCCCC/C=C/C=C12. The third-order valence-electron chi connectivity index (χ3n) is 4.81. The molecular weight excluding hydrogens is 216 g/mol. The number of allylic oxidation sites excluding steroid dienone is 4. The van der Waals surface area contributed by atoms with Crippen molar-refractivity contribution < 1.29 is 0 Å². The van der Waals surface area contributed by atoms with Crippen molar-refractivity contribution in [2.24, 2.45) is 11.8 Å². The van der Waals surface area contributed by atoms with Crippen LogP contribution in [0.3, 0.4) is 0 Å². The van der Waals surface area contributed by atoms with Crippen LogP contribution >= 0.6 is 0 Å². The van der Waals surface area contributed by atoms with Gasteiger partial charge in [-0.3, -0.25) is 0 Å². The summed E-state index contributed by atoms with van der Waals surface area (Å²) in [4.78, 5) is 0. The standard InChI is InChI=1S/C18H30/c1-2-3-11-16-14-15-17-12-9-7-5-4-6-8-10-13-18(16)17/h8,10,13,16-17H,2-7,9,11-12,14-15H2,1H3/b10-8+,18-13?. The number of unbranched alkanes of at least 4 members (excludes halogenated alkanes) is 1. The van der Waals surface area contributed by atoms with Gasteiger partial charge in [0.2, 0.25) is 0 Å². The Balaban J connectivity index is 2.00. The molecule has 0 N–H and O–H groups in total. The van der Waals surface area contributed by atoms with Crippen LogP contribution in [0.4, 0.5) is 0 Å². The molecule has 0 aromatic carbocycles. The molecule has 1 fully saturated rings. The highest BCUT2D eigenvalue weighted by molar-refractivity contribution is 5.21. The van der Waals surface area contributed by atoms with Crippen LogP contribution in [0.1, 0.15) is 77.6 Å². The molecule has 2 atom stereocenters. The Hall–Kier alpha value is -0.520. The molecule has 0 nitrogen and oxygen atoms in total. The largest absolute Gasteiger partial charge is 0.0845 e. The molecule has 2 unspecified atom stereocenters. The first-order valence-corrected chi connectivity index (χ1v) is 8.28. The molecule has 0 heteroatoms. The summed E-state index contributed by atoms with van der Waals surface area (Å²) in [5.74, 6) is 1.84. The van der Waals surface area contributed by atoms with Crippen LogP contribution in [0.2, 0.25) is 0 Å². The van der Waals surface area contributed by atoms with Crippen LogP contribution in [0.5, 0.6) is 0 Å². The van der Waals surface area contributed by atoms with Crippen LogP contribution in [-0.2, 0) is 0 Å². The van der Waals surface area contributed by atoms with Gasteiger partial charge in [-0.25, -0.2) is 0 Å². The number of fused-ring (bicyclic) bond motifs is 1. The van der Waals surface area contributed by atoms with E-state index in [0.717, 1.165) is 11.8 Å². The van der Waals surface area contributed by atoms with Gasteiger partial charge in [0, 0.05) is 0 Å². The predicted molar refractivity (Wildman–Crippen MR) is 80.7 cm³/mol. The van der Waals surface area contributed by atoms with E-state index >= 15 is 0 Å². The minimum absolute atomic E-state index is 0.917. The monoisotopic (exact) mass is 246 g/mol. The smallest absolute Gasteiger partial charge is 0.0197 e. The van der Waals surface area contributed by atoms with Crippen molar-refractivity contribution in [2.45, 2.75) is 77.6 Å². The summed E-state index contributed by atoms with van der Waals surface area (Å²) in [7, 11) is 0. The lowest BCUT2D eigenvalue weighted by Gasteiger charge is -2.16. The lowest BCUT2D eigenvalue weighted by Crippen LogP contribution is -2.03. The normalized spacial score (nSPS) is 31.3. The molecule has 18 heavy (non-hydrogen) atoms. The second kappa shape index (κ2) is 7.81. The molecule has 0 aliphatic heterocycles. The van der Waals surface area contributed by atoms with E-state index in [1.54, 1.807) is 0 Å². The second-order valence-electron chi connectivity index (χ2n) is 6.20. The van der Waals surface area contributed by atoms with Gasteiger partial charge in [0.1, 0.15) is 0 Å². The van der Waals surface area contributed by atoms with Crippen molar-refractivity contribution in [3.8, 4) is 0 Å². The lowest BCUT2D eigenvalue weighted by atomic mass is 9.89. The summed E-state index contributed by atoms with van der Waals surface area (Å²) in [5, 5.41) is 0. The molecule has 0 spiro atoms. The van der Waals surface area contributed by atoms with Gasteiger partial charge in [-0.1, -0.05) is 62.8 Å². The number of hydrogen-bond acceptors (Lipinski definition) is 0. The van der Waals surface area contributed by atoms with Gasteiger partial charge in [-0.15, -0.1) is 0 Å². The molecule has 2 rings (SSSR count). The van der Waals surface area contributed by atoms with Gasteiger partial charge in [0.05, 0.1) is 0 Å². The average molecular weight is 246 g/mol. The van der Waals surface area contributed by atoms with Crippen molar-refractivity contribution in [1.29, 1.82) is 0 Å². The Morgan fingerprint density at radius 1 is 1.06 bits per heavy atom. The first-order valence-electron chi connectivity index (χ1n) is 8.28. The highest BCUT2D eigenvalue weighted by Gasteiger charge is 2.28. The van der Waals surface area contributed by atoms with Gasteiger partial charge in [-0.05, 0) is 50.4 Å². The Morgan fingerprint density at radius 3 is 2.83 bits per heavy atom. The molecule has 0 amide bonds. The molecule has 0 heterocycles. The van der Waals surface area contributed by atoms with Crippen molar-refractivity contribution in [2.75, 3.05) is 0 Å². The van der Waals surface area contributed by atoms with Crippen LogP contribution < -0.4 is 0 Å². The second-order valence-corrected chi connectivity index (χ2v) is 6.20. The number of hydrogen-bond donors (Lipinski definition) is 0.